The molecule has 0 saturated heterocycles. The zero-order valence-corrected chi connectivity index (χ0v) is 21.1. The SMILES string of the molecule is C[C@@H]1CN([C@@H](C)CO)S(=O)(=O)c2ccc(C3=CCCC3)cc2O[C@@H]1CN(C)C(=O)CN(C)C. The molecule has 1 aromatic carbocycles. The first-order valence-corrected chi connectivity index (χ1v) is 13.0. The number of ether oxygens (including phenoxy) is 1. The van der Waals surface area contributed by atoms with Gasteiger partial charge in [0.25, 0.3) is 0 Å². The Morgan fingerprint density at radius 1 is 1.30 bits per heavy atom. The molecule has 3 rings (SSSR count). The van der Waals surface area contributed by atoms with Crippen molar-refractivity contribution in [1.29, 1.82) is 0 Å². The van der Waals surface area contributed by atoms with E-state index in [9.17, 15) is 18.3 Å². The van der Waals surface area contributed by atoms with Gasteiger partial charge in [0.05, 0.1) is 19.7 Å². The van der Waals surface area contributed by atoms with Crippen LogP contribution in [0.25, 0.3) is 5.57 Å². The minimum Gasteiger partial charge on any atom is -0.487 e. The summed E-state index contributed by atoms with van der Waals surface area (Å²) in [7, 11) is 1.56. The van der Waals surface area contributed by atoms with E-state index in [1.165, 1.54) is 9.88 Å². The van der Waals surface area contributed by atoms with Gasteiger partial charge in [0.15, 0.2) is 0 Å². The summed E-state index contributed by atoms with van der Waals surface area (Å²) in [5, 5.41) is 9.77. The Bertz CT molecular complexity index is 992. The van der Waals surface area contributed by atoms with Crippen LogP contribution >= 0.6 is 0 Å². The molecule has 0 bridgehead atoms. The normalized spacial score (nSPS) is 23.8. The highest BCUT2D eigenvalue weighted by Gasteiger charge is 2.38. The van der Waals surface area contributed by atoms with Crippen LogP contribution in [0.1, 0.15) is 38.7 Å². The second kappa shape index (κ2) is 10.5. The zero-order chi connectivity index (χ0) is 24.3. The van der Waals surface area contributed by atoms with Gasteiger partial charge in [-0.25, -0.2) is 8.42 Å². The molecule has 0 spiro atoms. The maximum atomic E-state index is 13.6. The number of fused-ring (bicyclic) bond motifs is 1. The molecular weight excluding hydrogens is 442 g/mol. The van der Waals surface area contributed by atoms with Crippen molar-refractivity contribution in [3.8, 4) is 5.75 Å². The van der Waals surface area contributed by atoms with Crippen LogP contribution in [-0.4, -0.2) is 93.1 Å². The van der Waals surface area contributed by atoms with Crippen molar-refractivity contribution < 1.29 is 23.1 Å². The molecule has 8 nitrogen and oxygen atoms in total. The van der Waals surface area contributed by atoms with Crippen LogP contribution in [-0.2, 0) is 14.8 Å². The molecule has 184 valence electrons. The molecule has 1 aliphatic carbocycles. The largest absolute Gasteiger partial charge is 0.487 e. The van der Waals surface area contributed by atoms with E-state index < -0.39 is 22.2 Å². The maximum absolute atomic E-state index is 13.6. The molecule has 9 heteroatoms. The standard InChI is InChI=1S/C24H37N3O5S/c1-17-13-27(18(2)16-28)33(30,31)23-11-10-20(19-8-6-7-9-19)12-21(23)32-22(17)14-26(5)24(29)15-25(3)4/h8,10-12,17-18,22,28H,6-7,9,13-16H2,1-5H3/t17-,18+,22-/m1/s1. The first-order chi connectivity index (χ1) is 15.5. The Labute approximate surface area is 197 Å². The summed E-state index contributed by atoms with van der Waals surface area (Å²) in [5.74, 6) is 0.0717. The summed E-state index contributed by atoms with van der Waals surface area (Å²) >= 11 is 0. The molecule has 0 unspecified atom stereocenters. The lowest BCUT2D eigenvalue weighted by atomic mass is 10.0. The highest BCUT2D eigenvalue weighted by atomic mass is 32.2. The molecular formula is C24H37N3O5S. The quantitative estimate of drug-likeness (QED) is 0.644. The van der Waals surface area contributed by atoms with Crippen molar-refractivity contribution in [1.82, 2.24) is 14.1 Å². The van der Waals surface area contributed by atoms with E-state index in [2.05, 4.69) is 6.08 Å². The molecule has 0 saturated carbocycles. The lowest BCUT2D eigenvalue weighted by Crippen LogP contribution is -2.50. The fourth-order valence-corrected chi connectivity index (χ4v) is 6.17. The molecule has 0 radical (unpaired) electrons. The summed E-state index contributed by atoms with van der Waals surface area (Å²) in [5.41, 5.74) is 2.16. The van der Waals surface area contributed by atoms with Gasteiger partial charge in [-0.05, 0) is 63.6 Å². The molecule has 1 N–H and O–H groups in total. The van der Waals surface area contributed by atoms with Crippen LogP contribution in [0.3, 0.4) is 0 Å². The number of aliphatic hydroxyl groups excluding tert-OH is 1. The Balaban J connectivity index is 2.02. The van der Waals surface area contributed by atoms with Gasteiger partial charge in [-0.3, -0.25) is 4.79 Å². The van der Waals surface area contributed by atoms with Gasteiger partial charge >= 0.3 is 0 Å². The second-order valence-electron chi connectivity index (χ2n) is 9.54. The van der Waals surface area contributed by atoms with Gasteiger partial charge in [0, 0.05) is 25.6 Å². The zero-order valence-electron chi connectivity index (χ0n) is 20.3. The van der Waals surface area contributed by atoms with Gasteiger partial charge in [0.2, 0.25) is 15.9 Å². The van der Waals surface area contributed by atoms with Crippen LogP contribution in [0.2, 0.25) is 0 Å². The molecule has 3 atom stereocenters. The summed E-state index contributed by atoms with van der Waals surface area (Å²) in [6, 6.07) is 4.70. The third kappa shape index (κ3) is 5.77. The number of sulfonamides is 1. The van der Waals surface area contributed by atoms with Crippen LogP contribution in [0.4, 0.5) is 0 Å². The van der Waals surface area contributed by atoms with E-state index in [0.29, 0.717) is 12.3 Å². The van der Waals surface area contributed by atoms with Gasteiger partial charge in [-0.2, -0.15) is 4.31 Å². The first-order valence-electron chi connectivity index (χ1n) is 11.6. The summed E-state index contributed by atoms with van der Waals surface area (Å²) < 4.78 is 34.9. The minimum absolute atomic E-state index is 0.0313. The molecule has 0 aromatic heterocycles. The predicted octanol–water partition coefficient (Wildman–Crippen LogP) is 2.04. The molecule has 2 aliphatic rings. The van der Waals surface area contributed by atoms with Gasteiger partial charge < -0.3 is 19.6 Å². The lowest BCUT2D eigenvalue weighted by molar-refractivity contribution is -0.132. The molecule has 33 heavy (non-hydrogen) atoms. The molecule has 1 heterocycles. The summed E-state index contributed by atoms with van der Waals surface area (Å²) in [6.07, 6.45) is 4.85. The van der Waals surface area contributed by atoms with E-state index in [0.717, 1.165) is 24.8 Å². The number of hydrogen-bond acceptors (Lipinski definition) is 6. The summed E-state index contributed by atoms with van der Waals surface area (Å²) in [4.78, 5) is 16.1. The Hall–Kier alpha value is -1.94. The number of carbonyl (C=O) groups excluding carboxylic acids is 1. The first kappa shape index (κ1) is 25.7. The van der Waals surface area contributed by atoms with Crippen molar-refractivity contribution in [2.24, 2.45) is 5.92 Å². The van der Waals surface area contributed by atoms with E-state index in [-0.39, 0.29) is 36.4 Å². The van der Waals surface area contributed by atoms with E-state index in [1.807, 2.05) is 38.1 Å². The van der Waals surface area contributed by atoms with Crippen LogP contribution in [0, 0.1) is 5.92 Å². The lowest BCUT2D eigenvalue weighted by Gasteiger charge is -2.37. The van der Waals surface area contributed by atoms with Crippen LogP contribution < -0.4 is 4.74 Å². The number of likely N-dealkylation sites (N-methyl/N-ethyl adjacent to an activating group) is 2. The smallest absolute Gasteiger partial charge is 0.247 e. The molecule has 0 fully saturated rings. The number of rotatable bonds is 7. The van der Waals surface area contributed by atoms with Gasteiger partial charge in [-0.1, -0.05) is 19.1 Å². The summed E-state index contributed by atoms with van der Waals surface area (Å²) in [6.45, 7) is 4.16. The monoisotopic (exact) mass is 479 g/mol. The van der Waals surface area contributed by atoms with Crippen molar-refractivity contribution in [2.45, 2.75) is 50.2 Å². The van der Waals surface area contributed by atoms with Crippen LogP contribution in [0.15, 0.2) is 29.2 Å². The number of hydrogen-bond donors (Lipinski definition) is 1. The Kier molecular flexibility index (Phi) is 8.21. The average molecular weight is 480 g/mol. The van der Waals surface area contributed by atoms with Crippen LogP contribution in [0.5, 0.6) is 5.75 Å². The predicted molar refractivity (Wildman–Crippen MR) is 128 cm³/mol. The van der Waals surface area contributed by atoms with Gasteiger partial charge in [0.1, 0.15) is 16.7 Å². The molecule has 1 aliphatic heterocycles. The average Bonchev–Trinajstić information content (AvgIpc) is 3.29. The van der Waals surface area contributed by atoms with E-state index >= 15 is 0 Å². The minimum atomic E-state index is -3.87. The number of nitrogens with zero attached hydrogens (tertiary/aromatic N) is 3. The Morgan fingerprint density at radius 2 is 2.03 bits per heavy atom. The van der Waals surface area contributed by atoms with E-state index in [1.54, 1.807) is 24.9 Å². The number of amides is 1. The third-order valence-corrected chi connectivity index (χ3v) is 8.43. The third-order valence-electron chi connectivity index (χ3n) is 6.41. The topological polar surface area (TPSA) is 90.4 Å². The highest BCUT2D eigenvalue weighted by molar-refractivity contribution is 7.89. The number of aliphatic hydroxyl groups is 1. The molecule has 1 amide bonds. The van der Waals surface area contributed by atoms with Crippen molar-refractivity contribution in [3.05, 3.63) is 29.8 Å². The second-order valence-corrected chi connectivity index (χ2v) is 11.4. The van der Waals surface area contributed by atoms with Crippen molar-refractivity contribution in [3.63, 3.8) is 0 Å². The number of allylic oxidation sites excluding steroid dienone is 2. The van der Waals surface area contributed by atoms with Gasteiger partial charge in [-0.15, -0.1) is 0 Å². The maximum Gasteiger partial charge on any atom is 0.247 e. The fraction of sp³-hybridized carbons (Fsp3) is 0.625. The Morgan fingerprint density at radius 3 is 2.64 bits per heavy atom. The fourth-order valence-electron chi connectivity index (χ4n) is 4.34. The number of benzene rings is 1. The van der Waals surface area contributed by atoms with Crippen molar-refractivity contribution in [2.75, 3.05) is 47.4 Å². The van der Waals surface area contributed by atoms with E-state index in [4.69, 9.17) is 4.74 Å². The van der Waals surface area contributed by atoms with Crippen molar-refractivity contribution >= 4 is 21.5 Å². The highest BCUT2D eigenvalue weighted by Crippen LogP contribution is 2.37. The number of carbonyl (C=O) groups is 1. The molecule has 1 aromatic rings.